The Morgan fingerprint density at radius 3 is 2.94 bits per heavy atom. The summed E-state index contributed by atoms with van der Waals surface area (Å²) >= 11 is 11.6. The van der Waals surface area contributed by atoms with E-state index in [4.69, 9.17) is 23.2 Å². The van der Waals surface area contributed by atoms with Crippen molar-refractivity contribution in [3.05, 3.63) is 28.3 Å². The van der Waals surface area contributed by atoms with Gasteiger partial charge in [0.2, 0.25) is 5.28 Å². The number of hydrogen-bond donors (Lipinski definition) is 1. The molecule has 6 heteroatoms. The lowest BCUT2D eigenvalue weighted by Crippen LogP contribution is -1.85. The Bertz CT molecular complexity index is 562. The largest absolute Gasteiger partial charge is 0.345 e. The molecule has 0 unspecified atom stereocenters. The normalized spacial score (nSPS) is 11.4. The minimum absolute atomic E-state index is 0.0998. The molecule has 0 bridgehead atoms. The fourth-order valence-corrected chi connectivity index (χ4v) is 1.86. The van der Waals surface area contributed by atoms with E-state index in [2.05, 4.69) is 15.0 Å². The van der Waals surface area contributed by atoms with Crippen molar-refractivity contribution in [3.63, 3.8) is 0 Å². The Kier molecular flexibility index (Phi) is 3.22. The third kappa shape index (κ3) is 2.08. The molecule has 2 aromatic rings. The lowest BCUT2D eigenvalue weighted by molar-refractivity contribution is -0.107. The molecule has 0 saturated heterocycles. The molecule has 2 rings (SSSR count). The molecule has 2 heterocycles. The first-order chi connectivity index (χ1) is 7.72. The number of carbonyl (C=O) groups is 1. The first-order valence-electron chi connectivity index (χ1n) is 4.52. The minimum atomic E-state index is 0.0998. The van der Waals surface area contributed by atoms with E-state index in [1.807, 2.05) is 0 Å². The molecule has 0 spiro atoms. The molecule has 1 N–H and O–H groups in total. The number of aldehydes is 1. The van der Waals surface area contributed by atoms with Crippen LogP contribution in [0.15, 0.2) is 12.3 Å². The van der Waals surface area contributed by atoms with Crippen molar-refractivity contribution in [2.24, 2.45) is 0 Å². The predicted octanol–water partition coefficient (Wildman–Crippen LogP) is 2.87. The van der Waals surface area contributed by atoms with E-state index < -0.39 is 0 Å². The highest BCUT2D eigenvalue weighted by molar-refractivity contribution is 6.36. The van der Waals surface area contributed by atoms with E-state index in [9.17, 15) is 4.79 Å². The average Bonchev–Trinajstić information content (AvgIpc) is 2.62. The van der Waals surface area contributed by atoms with Crippen LogP contribution < -0.4 is 0 Å². The zero-order valence-electron chi connectivity index (χ0n) is 8.08. The quantitative estimate of drug-likeness (QED) is 0.521. The second kappa shape index (κ2) is 4.63. The molecule has 0 fully saturated rings. The van der Waals surface area contributed by atoms with E-state index in [0.29, 0.717) is 22.6 Å². The summed E-state index contributed by atoms with van der Waals surface area (Å²) in [4.78, 5) is 21.0. The lowest BCUT2D eigenvalue weighted by atomic mass is 10.2. The summed E-state index contributed by atoms with van der Waals surface area (Å²) in [7, 11) is 0. The van der Waals surface area contributed by atoms with Crippen LogP contribution in [0.25, 0.3) is 17.1 Å². The zero-order valence-corrected chi connectivity index (χ0v) is 9.59. The van der Waals surface area contributed by atoms with Crippen molar-refractivity contribution in [2.45, 2.75) is 6.42 Å². The summed E-state index contributed by atoms with van der Waals surface area (Å²) in [5.74, 6) is 0. The standard InChI is InChI=1S/C10H7Cl2N3O/c11-8-7-6(3-1-2-4-16)5-13-9(7)15-10(12)14-8/h1,3-5H,2H2,(H,13,14,15). The van der Waals surface area contributed by atoms with Crippen molar-refractivity contribution in [3.8, 4) is 0 Å². The Balaban J connectivity index is 2.51. The van der Waals surface area contributed by atoms with Gasteiger partial charge in [-0.15, -0.1) is 0 Å². The molecule has 0 aliphatic carbocycles. The SMILES string of the molecule is O=CCC=Cc1c[nH]c2nc(Cl)nc(Cl)c12. The van der Waals surface area contributed by atoms with Crippen LogP contribution in [0, 0.1) is 0 Å². The molecule has 16 heavy (non-hydrogen) atoms. The molecule has 0 radical (unpaired) electrons. The van der Waals surface area contributed by atoms with Crippen LogP contribution in [0.5, 0.6) is 0 Å². The topological polar surface area (TPSA) is 58.6 Å². The second-order valence-corrected chi connectivity index (χ2v) is 3.75. The number of aromatic amines is 1. The third-order valence-electron chi connectivity index (χ3n) is 2.02. The van der Waals surface area contributed by atoms with Crippen LogP contribution in [-0.2, 0) is 4.79 Å². The van der Waals surface area contributed by atoms with Gasteiger partial charge in [0, 0.05) is 18.2 Å². The molecule has 82 valence electrons. The van der Waals surface area contributed by atoms with E-state index >= 15 is 0 Å². The Labute approximate surface area is 101 Å². The summed E-state index contributed by atoms with van der Waals surface area (Å²) in [6, 6.07) is 0. The van der Waals surface area contributed by atoms with Crippen LogP contribution in [-0.4, -0.2) is 21.2 Å². The predicted molar refractivity (Wildman–Crippen MR) is 63.6 cm³/mol. The molecule has 0 aliphatic heterocycles. The zero-order chi connectivity index (χ0) is 11.5. The highest BCUT2D eigenvalue weighted by atomic mass is 35.5. The smallest absolute Gasteiger partial charge is 0.225 e. The number of nitrogens with one attached hydrogen (secondary N) is 1. The second-order valence-electron chi connectivity index (χ2n) is 3.06. The third-order valence-corrected chi connectivity index (χ3v) is 2.46. The molecule has 0 aromatic carbocycles. The van der Waals surface area contributed by atoms with Gasteiger partial charge in [-0.2, -0.15) is 4.98 Å². The maximum absolute atomic E-state index is 10.2. The van der Waals surface area contributed by atoms with Crippen LogP contribution in [0.3, 0.4) is 0 Å². The van der Waals surface area contributed by atoms with Gasteiger partial charge in [0.15, 0.2) is 0 Å². The van der Waals surface area contributed by atoms with E-state index in [1.165, 1.54) is 0 Å². The van der Waals surface area contributed by atoms with E-state index in [-0.39, 0.29) is 5.28 Å². The first kappa shape index (κ1) is 11.1. The maximum Gasteiger partial charge on any atom is 0.225 e. The maximum atomic E-state index is 10.2. The molecule has 2 aromatic heterocycles. The van der Waals surface area contributed by atoms with Crippen LogP contribution in [0.2, 0.25) is 10.4 Å². The van der Waals surface area contributed by atoms with E-state index in [0.717, 1.165) is 11.8 Å². The number of nitrogens with zero attached hydrogens (tertiary/aromatic N) is 2. The monoisotopic (exact) mass is 255 g/mol. The number of fused-ring (bicyclic) bond motifs is 1. The summed E-state index contributed by atoms with van der Waals surface area (Å²) in [6.45, 7) is 0. The number of aromatic nitrogens is 3. The van der Waals surface area contributed by atoms with Gasteiger partial charge in [-0.25, -0.2) is 4.98 Å². The van der Waals surface area contributed by atoms with Crippen LogP contribution >= 0.6 is 23.2 Å². The Morgan fingerprint density at radius 2 is 2.19 bits per heavy atom. The molecular weight excluding hydrogens is 249 g/mol. The summed E-state index contributed by atoms with van der Waals surface area (Å²) in [5, 5.41) is 1.10. The van der Waals surface area contributed by atoms with Crippen molar-refractivity contribution < 1.29 is 4.79 Å². The first-order valence-corrected chi connectivity index (χ1v) is 5.28. The molecular formula is C10H7Cl2N3O. The summed E-state index contributed by atoms with van der Waals surface area (Å²) in [6.07, 6.45) is 6.44. The summed E-state index contributed by atoms with van der Waals surface area (Å²) < 4.78 is 0. The summed E-state index contributed by atoms with van der Waals surface area (Å²) in [5.41, 5.74) is 1.41. The van der Waals surface area contributed by atoms with Crippen molar-refractivity contribution in [1.29, 1.82) is 0 Å². The van der Waals surface area contributed by atoms with Crippen molar-refractivity contribution >= 4 is 46.6 Å². The number of rotatable bonds is 3. The van der Waals surface area contributed by atoms with Gasteiger partial charge >= 0.3 is 0 Å². The van der Waals surface area contributed by atoms with E-state index in [1.54, 1.807) is 18.3 Å². The fourth-order valence-electron chi connectivity index (χ4n) is 1.37. The Morgan fingerprint density at radius 1 is 1.38 bits per heavy atom. The van der Waals surface area contributed by atoms with Gasteiger partial charge in [0.1, 0.15) is 17.1 Å². The molecule has 0 aliphatic rings. The fraction of sp³-hybridized carbons (Fsp3) is 0.100. The number of hydrogen-bond acceptors (Lipinski definition) is 3. The minimum Gasteiger partial charge on any atom is -0.345 e. The van der Waals surface area contributed by atoms with Gasteiger partial charge in [0.25, 0.3) is 0 Å². The van der Waals surface area contributed by atoms with Gasteiger partial charge in [0.05, 0.1) is 5.39 Å². The van der Waals surface area contributed by atoms with Gasteiger partial charge < -0.3 is 9.78 Å². The van der Waals surface area contributed by atoms with Crippen LogP contribution in [0.4, 0.5) is 0 Å². The highest BCUT2D eigenvalue weighted by Crippen LogP contribution is 2.26. The molecule has 0 amide bonds. The Hall–Kier alpha value is -1.39. The molecule has 0 saturated carbocycles. The molecule has 0 atom stereocenters. The van der Waals surface area contributed by atoms with Gasteiger partial charge in [-0.1, -0.05) is 23.8 Å². The van der Waals surface area contributed by atoms with Crippen LogP contribution in [0.1, 0.15) is 12.0 Å². The van der Waals surface area contributed by atoms with Crippen molar-refractivity contribution in [1.82, 2.24) is 15.0 Å². The number of allylic oxidation sites excluding steroid dienone is 1. The average molecular weight is 256 g/mol. The molecule has 4 nitrogen and oxygen atoms in total. The highest BCUT2D eigenvalue weighted by Gasteiger charge is 2.09. The van der Waals surface area contributed by atoms with Gasteiger partial charge in [-0.3, -0.25) is 0 Å². The number of H-pyrrole nitrogens is 1. The van der Waals surface area contributed by atoms with Crippen molar-refractivity contribution in [2.75, 3.05) is 0 Å². The lowest BCUT2D eigenvalue weighted by Gasteiger charge is -1.95. The number of carbonyl (C=O) groups excluding carboxylic acids is 1. The number of halogens is 2. The van der Waals surface area contributed by atoms with Gasteiger partial charge in [-0.05, 0) is 11.6 Å².